The summed E-state index contributed by atoms with van der Waals surface area (Å²) < 4.78 is 0. The Hall–Kier alpha value is -2.69. The van der Waals surface area contributed by atoms with E-state index in [1.54, 1.807) is 12.4 Å². The van der Waals surface area contributed by atoms with E-state index in [9.17, 15) is 9.59 Å². The smallest absolute Gasteiger partial charge is 0.254 e. The van der Waals surface area contributed by atoms with Gasteiger partial charge in [0.1, 0.15) is 0 Å². The third-order valence-corrected chi connectivity index (χ3v) is 6.28. The minimum Gasteiger partial charge on any atom is -0.332 e. The van der Waals surface area contributed by atoms with Crippen LogP contribution in [0.1, 0.15) is 67.8 Å². The van der Waals surface area contributed by atoms with Gasteiger partial charge in [-0.3, -0.25) is 14.6 Å². The summed E-state index contributed by atoms with van der Waals surface area (Å²) in [7, 11) is 0. The fourth-order valence-corrected chi connectivity index (χ4v) is 5.13. The predicted molar refractivity (Wildman–Crippen MR) is 114 cm³/mol. The van der Waals surface area contributed by atoms with Crippen molar-refractivity contribution >= 4 is 17.5 Å². The molecule has 0 unspecified atom stereocenters. The Bertz CT molecular complexity index is 888. The molecule has 4 rings (SSSR count). The van der Waals surface area contributed by atoms with Gasteiger partial charge < -0.3 is 10.2 Å². The second-order valence-corrected chi connectivity index (χ2v) is 8.73. The summed E-state index contributed by atoms with van der Waals surface area (Å²) in [6, 6.07) is 11.3. The molecule has 0 radical (unpaired) electrons. The van der Waals surface area contributed by atoms with E-state index in [1.165, 1.54) is 0 Å². The lowest BCUT2D eigenvalue weighted by atomic mass is 9.65. The van der Waals surface area contributed by atoms with Crippen LogP contribution in [-0.4, -0.2) is 33.8 Å². The number of nitrogens with one attached hydrogen (secondary N) is 1. The van der Waals surface area contributed by atoms with Crippen LogP contribution in [0, 0.1) is 5.92 Å². The highest BCUT2D eigenvalue weighted by molar-refractivity contribution is 6.05. The maximum atomic E-state index is 13.7. The van der Waals surface area contributed by atoms with Gasteiger partial charge in [0.2, 0.25) is 5.91 Å². The van der Waals surface area contributed by atoms with Crippen LogP contribution < -0.4 is 5.32 Å². The number of rotatable bonds is 4. The summed E-state index contributed by atoms with van der Waals surface area (Å²) in [6.45, 7) is 4.94. The molecule has 2 aromatic rings. The summed E-state index contributed by atoms with van der Waals surface area (Å²) in [5, 5.41) is 3.07. The first-order valence-corrected chi connectivity index (χ1v) is 10.6. The molecule has 1 spiro atoms. The maximum Gasteiger partial charge on any atom is 0.254 e. The zero-order chi connectivity index (χ0) is 20.4. The van der Waals surface area contributed by atoms with Crippen molar-refractivity contribution in [2.45, 2.75) is 57.4 Å². The van der Waals surface area contributed by atoms with Crippen LogP contribution in [0.2, 0.25) is 0 Å². The van der Waals surface area contributed by atoms with E-state index in [0.29, 0.717) is 23.7 Å². The molecule has 2 aliphatic rings. The number of fused-ring (bicyclic) bond motifs is 1. The van der Waals surface area contributed by atoms with Gasteiger partial charge in [-0.2, -0.15) is 0 Å². The molecule has 1 saturated carbocycles. The SMILES string of the molecule is CC(C)CN1C(=O)c2ccccc2[C@H](C(=O)Nc2cccnc2)C12CCCCC2. The molecule has 1 fully saturated rings. The van der Waals surface area contributed by atoms with Crippen molar-refractivity contribution in [1.82, 2.24) is 9.88 Å². The molecule has 1 N–H and O–H groups in total. The van der Waals surface area contributed by atoms with E-state index in [0.717, 1.165) is 37.7 Å². The van der Waals surface area contributed by atoms with Crippen LogP contribution >= 0.6 is 0 Å². The fourth-order valence-electron chi connectivity index (χ4n) is 5.13. The molecule has 1 aromatic carbocycles. The molecule has 1 aliphatic carbocycles. The van der Waals surface area contributed by atoms with E-state index in [4.69, 9.17) is 0 Å². The largest absolute Gasteiger partial charge is 0.332 e. The Morgan fingerprint density at radius 1 is 1.17 bits per heavy atom. The normalized spacial score (nSPS) is 20.6. The molecule has 29 heavy (non-hydrogen) atoms. The number of benzene rings is 1. The van der Waals surface area contributed by atoms with Gasteiger partial charge in [0, 0.05) is 18.3 Å². The first-order valence-electron chi connectivity index (χ1n) is 10.6. The third kappa shape index (κ3) is 3.54. The molecule has 1 aliphatic heterocycles. The monoisotopic (exact) mass is 391 g/mol. The quantitative estimate of drug-likeness (QED) is 0.827. The minimum absolute atomic E-state index is 0.0476. The Morgan fingerprint density at radius 2 is 1.93 bits per heavy atom. The van der Waals surface area contributed by atoms with Crippen molar-refractivity contribution in [2.24, 2.45) is 5.92 Å². The molecule has 5 heteroatoms. The zero-order valence-electron chi connectivity index (χ0n) is 17.2. The van der Waals surface area contributed by atoms with Gasteiger partial charge >= 0.3 is 0 Å². The summed E-state index contributed by atoms with van der Waals surface area (Å²) in [5.41, 5.74) is 1.75. The standard InChI is InChI=1S/C24H29N3O2/c1-17(2)16-27-23(29)20-11-5-4-10-19(20)21(24(27)12-6-3-7-13-24)22(28)26-18-9-8-14-25-15-18/h4-5,8-11,14-15,17,21H,3,6-7,12-13,16H2,1-2H3,(H,26,28)/t21-/m1/s1. The molecule has 5 nitrogen and oxygen atoms in total. The van der Waals surface area contributed by atoms with Crippen molar-refractivity contribution in [2.75, 3.05) is 11.9 Å². The fraction of sp³-hybridized carbons (Fsp3) is 0.458. The Morgan fingerprint density at radius 3 is 2.62 bits per heavy atom. The molecule has 2 heterocycles. The van der Waals surface area contributed by atoms with E-state index in [1.807, 2.05) is 41.3 Å². The van der Waals surface area contributed by atoms with Crippen molar-refractivity contribution in [1.29, 1.82) is 0 Å². The van der Waals surface area contributed by atoms with E-state index >= 15 is 0 Å². The Balaban J connectivity index is 1.83. The van der Waals surface area contributed by atoms with Gasteiger partial charge in [-0.15, -0.1) is 0 Å². The summed E-state index contributed by atoms with van der Waals surface area (Å²) in [5.74, 6) is -0.0176. The van der Waals surface area contributed by atoms with E-state index in [-0.39, 0.29) is 17.7 Å². The molecule has 152 valence electrons. The predicted octanol–water partition coefficient (Wildman–Crippen LogP) is 4.62. The number of amides is 2. The number of aromatic nitrogens is 1. The number of hydrogen-bond acceptors (Lipinski definition) is 3. The van der Waals surface area contributed by atoms with Gasteiger partial charge in [-0.25, -0.2) is 0 Å². The highest BCUT2D eigenvalue weighted by Crippen LogP contribution is 2.49. The Kier molecular flexibility index (Phi) is 5.39. The van der Waals surface area contributed by atoms with Crippen LogP contribution in [0.15, 0.2) is 48.8 Å². The van der Waals surface area contributed by atoms with Crippen LogP contribution in [0.5, 0.6) is 0 Å². The van der Waals surface area contributed by atoms with E-state index in [2.05, 4.69) is 24.1 Å². The summed E-state index contributed by atoms with van der Waals surface area (Å²) in [4.78, 5) is 33.4. The third-order valence-electron chi connectivity index (χ3n) is 6.28. The number of nitrogens with zero attached hydrogens (tertiary/aromatic N) is 2. The molecule has 1 aromatic heterocycles. The average molecular weight is 392 g/mol. The first kappa shape index (κ1) is 19.6. The summed E-state index contributed by atoms with van der Waals surface area (Å²) in [6.07, 6.45) is 8.33. The lowest BCUT2D eigenvalue weighted by Crippen LogP contribution is -2.62. The van der Waals surface area contributed by atoms with E-state index < -0.39 is 5.54 Å². The van der Waals surface area contributed by atoms with Crippen molar-refractivity contribution < 1.29 is 9.59 Å². The topological polar surface area (TPSA) is 62.3 Å². The molecule has 2 amide bonds. The van der Waals surface area contributed by atoms with Gasteiger partial charge in [-0.1, -0.05) is 51.3 Å². The van der Waals surface area contributed by atoms with Gasteiger partial charge in [0.15, 0.2) is 0 Å². The number of hydrogen-bond donors (Lipinski definition) is 1. The second-order valence-electron chi connectivity index (χ2n) is 8.73. The zero-order valence-corrected chi connectivity index (χ0v) is 17.2. The van der Waals surface area contributed by atoms with Gasteiger partial charge in [0.05, 0.1) is 23.3 Å². The minimum atomic E-state index is -0.458. The Labute approximate surface area is 172 Å². The maximum absolute atomic E-state index is 13.7. The average Bonchev–Trinajstić information content (AvgIpc) is 2.72. The lowest BCUT2D eigenvalue weighted by molar-refractivity contribution is -0.122. The highest BCUT2D eigenvalue weighted by Gasteiger charge is 2.54. The lowest BCUT2D eigenvalue weighted by Gasteiger charge is -2.54. The van der Waals surface area contributed by atoms with Crippen molar-refractivity contribution in [3.05, 3.63) is 59.9 Å². The van der Waals surface area contributed by atoms with Crippen LogP contribution in [0.3, 0.4) is 0 Å². The summed E-state index contributed by atoms with van der Waals surface area (Å²) >= 11 is 0. The molecule has 1 atom stereocenters. The van der Waals surface area contributed by atoms with Gasteiger partial charge in [-0.05, 0) is 42.5 Å². The van der Waals surface area contributed by atoms with Crippen LogP contribution in [0.25, 0.3) is 0 Å². The molecular formula is C24H29N3O2. The molecular weight excluding hydrogens is 362 g/mol. The first-order chi connectivity index (χ1) is 14.0. The molecule has 0 bridgehead atoms. The number of pyridine rings is 1. The van der Waals surface area contributed by atoms with Crippen LogP contribution in [-0.2, 0) is 4.79 Å². The van der Waals surface area contributed by atoms with Crippen LogP contribution in [0.4, 0.5) is 5.69 Å². The number of carbonyl (C=O) groups excluding carboxylic acids is 2. The van der Waals surface area contributed by atoms with Crippen molar-refractivity contribution in [3.8, 4) is 0 Å². The highest BCUT2D eigenvalue weighted by atomic mass is 16.2. The second kappa shape index (κ2) is 7.97. The van der Waals surface area contributed by atoms with Gasteiger partial charge in [0.25, 0.3) is 5.91 Å². The number of anilines is 1. The molecule has 0 saturated heterocycles. The van der Waals surface area contributed by atoms with Crippen molar-refractivity contribution in [3.63, 3.8) is 0 Å². The number of carbonyl (C=O) groups is 2.